The first-order valence-corrected chi connectivity index (χ1v) is 9.86. The molecule has 1 aliphatic heterocycles. The number of nitrogens with zero attached hydrogens (tertiary/aromatic N) is 1. The number of halogens is 1. The molecule has 0 fully saturated rings. The van der Waals surface area contributed by atoms with Crippen LogP contribution in [-0.4, -0.2) is 38.9 Å². The van der Waals surface area contributed by atoms with Gasteiger partial charge in [-0.3, -0.25) is 0 Å². The first kappa shape index (κ1) is 23.3. The van der Waals surface area contributed by atoms with Crippen LogP contribution in [0.15, 0.2) is 46.0 Å². The van der Waals surface area contributed by atoms with E-state index in [0.717, 1.165) is 54.7 Å². The van der Waals surface area contributed by atoms with Crippen LogP contribution in [0.25, 0.3) is 0 Å². The molecule has 0 saturated carbocycles. The average Bonchev–Trinajstić information content (AvgIpc) is 3.12. The maximum atomic E-state index is 5.75. The third kappa shape index (κ3) is 8.14. The zero-order valence-corrected chi connectivity index (χ0v) is 19.1. The van der Waals surface area contributed by atoms with Crippen LogP contribution in [0.1, 0.15) is 31.1 Å². The van der Waals surface area contributed by atoms with E-state index in [9.17, 15) is 0 Å². The van der Waals surface area contributed by atoms with Crippen molar-refractivity contribution < 1.29 is 18.6 Å². The summed E-state index contributed by atoms with van der Waals surface area (Å²) in [6.45, 7) is 6.77. The maximum absolute atomic E-state index is 5.75. The molecule has 0 aliphatic carbocycles. The van der Waals surface area contributed by atoms with Crippen LogP contribution in [0.4, 0.5) is 0 Å². The molecule has 1 aromatic heterocycles. The predicted octanol–water partition coefficient (Wildman–Crippen LogP) is 3.72. The third-order valence-corrected chi connectivity index (χ3v) is 4.16. The Morgan fingerprint density at radius 2 is 2.00 bits per heavy atom. The Balaban J connectivity index is 0.00000300. The maximum Gasteiger partial charge on any atom is 0.191 e. The van der Waals surface area contributed by atoms with Crippen molar-refractivity contribution in [2.24, 2.45) is 4.99 Å². The van der Waals surface area contributed by atoms with Gasteiger partial charge in [0, 0.05) is 26.1 Å². The van der Waals surface area contributed by atoms with Gasteiger partial charge in [0.05, 0.1) is 26.0 Å². The first-order chi connectivity index (χ1) is 13.8. The van der Waals surface area contributed by atoms with Crippen LogP contribution in [-0.2, 0) is 17.9 Å². The Kier molecular flexibility index (Phi) is 10.7. The number of furan rings is 1. The molecule has 2 N–H and O–H groups in total. The molecular formula is C21H30IN3O4. The van der Waals surface area contributed by atoms with Gasteiger partial charge in [-0.15, -0.1) is 24.0 Å². The Labute approximate surface area is 189 Å². The fraction of sp³-hybridized carbons (Fsp3) is 0.476. The van der Waals surface area contributed by atoms with E-state index in [0.29, 0.717) is 33.0 Å². The predicted molar refractivity (Wildman–Crippen MR) is 123 cm³/mol. The zero-order chi connectivity index (χ0) is 19.4. The van der Waals surface area contributed by atoms with Gasteiger partial charge in [0.15, 0.2) is 17.5 Å². The van der Waals surface area contributed by atoms with Crippen molar-refractivity contribution in [2.75, 3.05) is 32.9 Å². The smallest absolute Gasteiger partial charge is 0.191 e. The molecule has 3 rings (SSSR count). The Bertz CT molecular complexity index is 738. The van der Waals surface area contributed by atoms with Crippen molar-refractivity contribution in [3.8, 4) is 11.5 Å². The molecule has 0 unspecified atom stereocenters. The standard InChI is InChI=1S/C21H29N3O4.HI/c1-2-22-21(23-9-4-10-25-16-18-6-3-11-26-18)24-15-17-7-8-19-20(14-17)28-13-5-12-27-19;/h3,6-8,11,14H,2,4-5,9-10,12-13,15-16H2,1H3,(H2,22,23,24);1H. The summed E-state index contributed by atoms with van der Waals surface area (Å²) in [5.74, 6) is 3.25. The van der Waals surface area contributed by atoms with Crippen LogP contribution < -0.4 is 20.1 Å². The minimum Gasteiger partial charge on any atom is -0.490 e. The molecule has 29 heavy (non-hydrogen) atoms. The highest BCUT2D eigenvalue weighted by Crippen LogP contribution is 2.30. The van der Waals surface area contributed by atoms with E-state index in [1.54, 1.807) is 6.26 Å². The molecular weight excluding hydrogens is 485 g/mol. The quantitative estimate of drug-likeness (QED) is 0.230. The number of fused-ring (bicyclic) bond motifs is 1. The molecule has 0 radical (unpaired) electrons. The monoisotopic (exact) mass is 515 g/mol. The minimum absolute atomic E-state index is 0. The second-order valence-electron chi connectivity index (χ2n) is 6.44. The van der Waals surface area contributed by atoms with Crippen LogP contribution in [0, 0.1) is 0 Å². The third-order valence-electron chi connectivity index (χ3n) is 4.16. The second kappa shape index (κ2) is 13.3. The summed E-state index contributed by atoms with van der Waals surface area (Å²) in [7, 11) is 0. The number of hydrogen-bond acceptors (Lipinski definition) is 5. The highest BCUT2D eigenvalue weighted by molar-refractivity contribution is 14.0. The van der Waals surface area contributed by atoms with Gasteiger partial charge >= 0.3 is 0 Å². The van der Waals surface area contributed by atoms with Crippen molar-refractivity contribution in [1.82, 2.24) is 10.6 Å². The molecule has 160 valence electrons. The van der Waals surface area contributed by atoms with E-state index in [1.165, 1.54) is 0 Å². The van der Waals surface area contributed by atoms with E-state index >= 15 is 0 Å². The van der Waals surface area contributed by atoms with Crippen molar-refractivity contribution in [2.45, 2.75) is 32.9 Å². The Hall–Kier alpha value is -1.94. The first-order valence-electron chi connectivity index (χ1n) is 9.86. The van der Waals surface area contributed by atoms with Crippen molar-refractivity contribution in [3.63, 3.8) is 0 Å². The molecule has 0 bridgehead atoms. The highest BCUT2D eigenvalue weighted by Gasteiger charge is 2.10. The summed E-state index contributed by atoms with van der Waals surface area (Å²) in [5.41, 5.74) is 1.09. The lowest BCUT2D eigenvalue weighted by atomic mass is 10.2. The number of aliphatic imine (C=N–C) groups is 1. The normalized spacial score (nSPS) is 13.3. The van der Waals surface area contributed by atoms with Crippen molar-refractivity contribution >= 4 is 29.9 Å². The zero-order valence-electron chi connectivity index (χ0n) is 16.8. The molecule has 0 amide bonds. The molecule has 2 aromatic rings. The van der Waals surface area contributed by atoms with Gasteiger partial charge in [-0.1, -0.05) is 6.07 Å². The fourth-order valence-corrected chi connectivity index (χ4v) is 2.77. The van der Waals surface area contributed by atoms with Gasteiger partial charge in [-0.25, -0.2) is 4.99 Å². The second-order valence-corrected chi connectivity index (χ2v) is 6.44. The van der Waals surface area contributed by atoms with E-state index < -0.39 is 0 Å². The van der Waals surface area contributed by atoms with Crippen molar-refractivity contribution in [3.05, 3.63) is 47.9 Å². The SMILES string of the molecule is CCNC(=NCc1ccc2c(c1)OCCCO2)NCCCOCc1ccco1.I. The molecule has 2 heterocycles. The van der Waals surface area contributed by atoms with E-state index in [2.05, 4.69) is 22.5 Å². The average molecular weight is 515 g/mol. The van der Waals surface area contributed by atoms with E-state index in [-0.39, 0.29) is 24.0 Å². The van der Waals surface area contributed by atoms with Crippen LogP contribution >= 0.6 is 24.0 Å². The molecule has 1 aromatic carbocycles. The summed E-state index contributed by atoms with van der Waals surface area (Å²) in [6, 6.07) is 9.78. The highest BCUT2D eigenvalue weighted by atomic mass is 127. The number of rotatable bonds is 9. The summed E-state index contributed by atoms with van der Waals surface area (Å²) in [6.07, 6.45) is 3.44. The van der Waals surface area contributed by atoms with Crippen LogP contribution in [0.2, 0.25) is 0 Å². The fourth-order valence-electron chi connectivity index (χ4n) is 2.77. The topological polar surface area (TPSA) is 77.3 Å². The van der Waals surface area contributed by atoms with E-state index in [4.69, 9.17) is 18.6 Å². The van der Waals surface area contributed by atoms with Crippen LogP contribution in [0.5, 0.6) is 11.5 Å². The number of nitrogens with one attached hydrogen (secondary N) is 2. The minimum atomic E-state index is 0. The number of ether oxygens (including phenoxy) is 3. The Morgan fingerprint density at radius 3 is 2.79 bits per heavy atom. The van der Waals surface area contributed by atoms with Gasteiger partial charge in [0.25, 0.3) is 0 Å². The largest absolute Gasteiger partial charge is 0.490 e. The summed E-state index contributed by atoms with van der Waals surface area (Å²) in [4.78, 5) is 4.66. The van der Waals surface area contributed by atoms with Gasteiger partial charge in [-0.05, 0) is 43.2 Å². The van der Waals surface area contributed by atoms with Gasteiger partial charge in [-0.2, -0.15) is 0 Å². The number of guanidine groups is 1. The molecule has 8 heteroatoms. The lowest BCUT2D eigenvalue weighted by Gasteiger charge is -2.12. The lowest BCUT2D eigenvalue weighted by Crippen LogP contribution is -2.38. The van der Waals surface area contributed by atoms with E-state index in [1.807, 2.05) is 30.3 Å². The molecule has 0 saturated heterocycles. The molecule has 0 atom stereocenters. The summed E-state index contributed by atoms with van der Waals surface area (Å²) >= 11 is 0. The molecule has 1 aliphatic rings. The van der Waals surface area contributed by atoms with Gasteiger partial charge in [0.1, 0.15) is 12.4 Å². The van der Waals surface area contributed by atoms with Crippen LogP contribution in [0.3, 0.4) is 0 Å². The van der Waals surface area contributed by atoms with Crippen molar-refractivity contribution in [1.29, 1.82) is 0 Å². The Morgan fingerprint density at radius 1 is 1.14 bits per heavy atom. The van der Waals surface area contributed by atoms with Gasteiger partial charge in [0.2, 0.25) is 0 Å². The summed E-state index contributed by atoms with van der Waals surface area (Å²) in [5, 5.41) is 6.60. The lowest BCUT2D eigenvalue weighted by molar-refractivity contribution is 0.105. The number of benzene rings is 1. The van der Waals surface area contributed by atoms with Gasteiger partial charge < -0.3 is 29.3 Å². The summed E-state index contributed by atoms with van der Waals surface area (Å²) < 4.78 is 22.3. The number of hydrogen-bond donors (Lipinski definition) is 2. The molecule has 7 nitrogen and oxygen atoms in total. The molecule has 0 spiro atoms.